The Kier molecular flexibility index (Phi) is 2.78. The van der Waals surface area contributed by atoms with E-state index in [1.807, 2.05) is 0 Å². The van der Waals surface area contributed by atoms with Crippen molar-refractivity contribution in [2.24, 2.45) is 34.5 Å². The topological polar surface area (TPSA) is 30.2 Å². The Labute approximate surface area is 227 Å². The van der Waals surface area contributed by atoms with Gasteiger partial charge in [-0.1, -0.05) is 18.2 Å². The molecule has 3 heteroatoms. The molecule has 4 heterocycles. The smallest absolute Gasteiger partial charge is 0.0728 e. The highest BCUT2D eigenvalue weighted by Crippen LogP contribution is 2.77. The molecular weight excluding hydrogens is 474 g/mol. The molecule has 2 spiro atoms. The maximum Gasteiger partial charge on any atom is 0.0728 e. The third-order valence-electron chi connectivity index (χ3n) is 15.3. The minimum absolute atomic E-state index is 0.676. The van der Waals surface area contributed by atoms with Crippen LogP contribution in [0.3, 0.4) is 0 Å². The number of hydrogen-bond donors (Lipinski definition) is 0. The summed E-state index contributed by atoms with van der Waals surface area (Å²) < 4.78 is 2.62. The van der Waals surface area contributed by atoms with Crippen molar-refractivity contribution in [1.82, 2.24) is 14.4 Å². The molecule has 0 amide bonds. The lowest BCUT2D eigenvalue weighted by Gasteiger charge is -2.48. The number of nitrogens with zero attached hydrogens (tertiary/aromatic N) is 3. The van der Waals surface area contributed by atoms with Gasteiger partial charge in [-0.05, 0) is 122 Å². The normalized spacial score (nSPS) is 45.1. The first-order chi connectivity index (χ1) is 19.2. The molecule has 0 radical (unpaired) electrons. The monoisotopic (exact) mass is 507 g/mol. The Hall–Kier alpha value is -2.68. The van der Waals surface area contributed by atoms with Gasteiger partial charge in [-0.2, -0.15) is 0 Å². The Morgan fingerprint density at radius 2 is 1.05 bits per heavy atom. The quantitative estimate of drug-likeness (QED) is 0.211. The summed E-state index contributed by atoms with van der Waals surface area (Å²) in [5, 5.41) is 6.11. The number of hydrogen-bond acceptors (Lipinski definition) is 2. The Morgan fingerprint density at radius 1 is 0.590 bits per heavy atom. The second-order valence-electron chi connectivity index (χ2n) is 15.9. The van der Waals surface area contributed by atoms with Crippen LogP contribution in [-0.2, 0) is 0 Å². The molecule has 6 bridgehead atoms. The largest absolute Gasteiger partial charge is 0.305 e. The third-order valence-corrected chi connectivity index (χ3v) is 15.3. The van der Waals surface area contributed by atoms with Gasteiger partial charge in [-0.15, -0.1) is 0 Å². The van der Waals surface area contributed by atoms with Crippen molar-refractivity contribution >= 4 is 38.1 Å². The molecule has 6 saturated carbocycles. The predicted molar refractivity (Wildman–Crippen MR) is 153 cm³/mol. The maximum absolute atomic E-state index is 5.40. The predicted octanol–water partition coefficient (Wildman–Crippen LogP) is 8.41. The van der Waals surface area contributed by atoms with Crippen LogP contribution in [0.1, 0.15) is 110 Å². The highest BCUT2D eigenvalue weighted by atomic mass is 15.0. The molecule has 39 heavy (non-hydrogen) atoms. The molecule has 0 aliphatic heterocycles. The molecule has 3 nitrogen and oxygen atoms in total. The lowest BCUT2D eigenvalue weighted by atomic mass is 9.56. The summed E-state index contributed by atoms with van der Waals surface area (Å²) in [4.78, 5) is 10.8. The molecule has 8 aliphatic rings. The van der Waals surface area contributed by atoms with E-state index in [9.17, 15) is 0 Å². The second kappa shape index (κ2) is 5.58. The maximum atomic E-state index is 5.40. The van der Waals surface area contributed by atoms with Crippen LogP contribution in [0.5, 0.6) is 0 Å². The van der Waals surface area contributed by atoms with E-state index in [0.29, 0.717) is 22.7 Å². The summed E-state index contributed by atoms with van der Waals surface area (Å²) in [5.41, 5.74) is 11.9. The fraction of sp³-hybridized carbons (Fsp3) is 0.556. The first kappa shape index (κ1) is 19.4. The zero-order valence-electron chi connectivity index (χ0n) is 22.4. The average Bonchev–Trinajstić information content (AvgIpc) is 3.72. The molecule has 13 rings (SSSR count). The van der Waals surface area contributed by atoms with E-state index in [-0.39, 0.29) is 0 Å². The highest BCUT2D eigenvalue weighted by molar-refractivity contribution is 6.24. The van der Waals surface area contributed by atoms with Crippen molar-refractivity contribution in [3.05, 3.63) is 53.1 Å². The van der Waals surface area contributed by atoms with Gasteiger partial charge in [-0.25, -0.2) is 0 Å². The molecule has 10 atom stereocenters. The zero-order valence-corrected chi connectivity index (χ0v) is 22.4. The van der Waals surface area contributed by atoms with Gasteiger partial charge in [0.05, 0.1) is 28.9 Å². The van der Waals surface area contributed by atoms with Gasteiger partial charge >= 0.3 is 0 Å². The number of para-hydroxylation sites is 1. The first-order valence-corrected chi connectivity index (χ1v) is 16.2. The van der Waals surface area contributed by atoms with E-state index >= 15 is 0 Å². The lowest BCUT2D eigenvalue weighted by molar-refractivity contribution is 0.00321. The molecule has 5 aromatic rings. The molecular formula is C36H33N3. The van der Waals surface area contributed by atoms with Gasteiger partial charge < -0.3 is 4.40 Å². The molecule has 0 saturated heterocycles. The highest BCUT2D eigenvalue weighted by Gasteiger charge is 2.67. The van der Waals surface area contributed by atoms with E-state index in [1.165, 1.54) is 103 Å². The van der Waals surface area contributed by atoms with Crippen molar-refractivity contribution in [3.8, 4) is 0 Å². The fourth-order valence-electron chi connectivity index (χ4n) is 14.2. The second-order valence-corrected chi connectivity index (χ2v) is 15.9. The van der Waals surface area contributed by atoms with Gasteiger partial charge in [0, 0.05) is 44.8 Å². The first-order valence-electron chi connectivity index (χ1n) is 16.2. The molecule has 4 aromatic heterocycles. The van der Waals surface area contributed by atoms with Crippen LogP contribution in [0, 0.1) is 34.5 Å². The number of pyridine rings is 2. The summed E-state index contributed by atoms with van der Waals surface area (Å²) in [5.74, 6) is 6.84. The van der Waals surface area contributed by atoms with Crippen molar-refractivity contribution in [2.75, 3.05) is 0 Å². The summed E-state index contributed by atoms with van der Waals surface area (Å²) in [6.45, 7) is 0. The standard InChI is InChI=1S/C36H33N3/c1-2-24-30-26(14-37-32-18-6-22-8-20-4-16(28(30)32)10-35(20,22)12-18)39-27-15-38-33-19-7-23-9-21-5-17(11-36(21,23)13-19)29(33)31(27)25(3-1)34(24)39/h1-3,14-23H,4-13H2. The summed E-state index contributed by atoms with van der Waals surface area (Å²) in [6, 6.07) is 7.28. The number of fused-ring (bicyclic) bond motifs is 18. The van der Waals surface area contributed by atoms with Crippen LogP contribution in [0.4, 0.5) is 0 Å². The third kappa shape index (κ3) is 1.76. The number of aromatic nitrogens is 3. The molecule has 8 aliphatic carbocycles. The number of benzene rings is 1. The van der Waals surface area contributed by atoms with Crippen LogP contribution < -0.4 is 0 Å². The van der Waals surface area contributed by atoms with Gasteiger partial charge in [-0.3, -0.25) is 9.97 Å². The summed E-state index contributed by atoms with van der Waals surface area (Å²) in [6.07, 6.45) is 19.0. The number of rotatable bonds is 0. The molecule has 0 N–H and O–H groups in total. The Bertz CT molecular complexity index is 1880. The van der Waals surface area contributed by atoms with Crippen LogP contribution in [0.25, 0.3) is 38.1 Å². The Morgan fingerprint density at radius 3 is 1.56 bits per heavy atom. The van der Waals surface area contributed by atoms with Gasteiger partial charge in [0.25, 0.3) is 0 Å². The van der Waals surface area contributed by atoms with Gasteiger partial charge in [0.2, 0.25) is 0 Å². The van der Waals surface area contributed by atoms with Crippen molar-refractivity contribution in [2.45, 2.75) is 87.9 Å². The van der Waals surface area contributed by atoms with E-state index in [0.717, 1.165) is 35.5 Å². The van der Waals surface area contributed by atoms with E-state index in [1.54, 1.807) is 21.9 Å². The van der Waals surface area contributed by atoms with Crippen molar-refractivity contribution in [1.29, 1.82) is 0 Å². The van der Waals surface area contributed by atoms with E-state index in [4.69, 9.17) is 9.97 Å². The van der Waals surface area contributed by atoms with Crippen LogP contribution in [0.15, 0.2) is 30.6 Å². The molecule has 192 valence electrons. The van der Waals surface area contributed by atoms with Gasteiger partial charge in [0.1, 0.15) is 0 Å². The van der Waals surface area contributed by atoms with E-state index < -0.39 is 0 Å². The fourth-order valence-corrected chi connectivity index (χ4v) is 14.2. The SMILES string of the molecule is c1cc2c3c4c(ncc3n3c5cnc6c(c5c(c1)c23)C1CC2CC3CC6CC32C1)C1CC2CC3CC4CC23C1. The molecule has 1 aromatic carbocycles. The average molecular weight is 508 g/mol. The zero-order chi connectivity index (χ0) is 24.6. The van der Waals surface area contributed by atoms with Crippen LogP contribution in [-0.4, -0.2) is 14.4 Å². The van der Waals surface area contributed by atoms with Gasteiger partial charge in [0.15, 0.2) is 0 Å². The molecule has 6 fully saturated rings. The van der Waals surface area contributed by atoms with Crippen molar-refractivity contribution < 1.29 is 0 Å². The van der Waals surface area contributed by atoms with Crippen LogP contribution in [0.2, 0.25) is 0 Å². The Balaban J connectivity index is 1.16. The lowest BCUT2D eigenvalue weighted by Crippen LogP contribution is -2.41. The van der Waals surface area contributed by atoms with E-state index in [2.05, 4.69) is 35.0 Å². The summed E-state index contributed by atoms with van der Waals surface area (Å²) >= 11 is 0. The minimum atomic E-state index is 0.676. The summed E-state index contributed by atoms with van der Waals surface area (Å²) in [7, 11) is 0. The van der Waals surface area contributed by atoms with Crippen molar-refractivity contribution in [3.63, 3.8) is 0 Å². The molecule has 10 unspecified atom stereocenters. The minimum Gasteiger partial charge on any atom is -0.305 e. The van der Waals surface area contributed by atoms with Crippen LogP contribution >= 0.6 is 0 Å².